The van der Waals surface area contributed by atoms with Gasteiger partial charge in [-0.2, -0.15) is 0 Å². The third kappa shape index (κ3) is 4.48. The van der Waals surface area contributed by atoms with Gasteiger partial charge in [-0.05, 0) is 73.4 Å². The van der Waals surface area contributed by atoms with Gasteiger partial charge in [0.05, 0.1) is 17.4 Å². The quantitative estimate of drug-likeness (QED) is 0.571. The van der Waals surface area contributed by atoms with Crippen molar-refractivity contribution in [2.24, 2.45) is 0 Å². The van der Waals surface area contributed by atoms with Gasteiger partial charge in [-0.3, -0.25) is 9.59 Å². The summed E-state index contributed by atoms with van der Waals surface area (Å²) in [4.78, 5) is 24.7. The highest BCUT2D eigenvalue weighted by molar-refractivity contribution is 6.40. The van der Waals surface area contributed by atoms with Crippen molar-refractivity contribution in [2.45, 2.75) is 52.0 Å². The van der Waals surface area contributed by atoms with Gasteiger partial charge in [-0.25, -0.2) is 0 Å². The minimum atomic E-state index is -0.705. The third-order valence-electron chi connectivity index (χ3n) is 5.15. The van der Waals surface area contributed by atoms with Crippen LogP contribution < -0.4 is 16.4 Å². The van der Waals surface area contributed by atoms with Gasteiger partial charge < -0.3 is 16.4 Å². The number of hydrogen-bond donors (Lipinski definition) is 3. The summed E-state index contributed by atoms with van der Waals surface area (Å²) < 4.78 is 0. The highest BCUT2D eigenvalue weighted by atomic mass is 16.2. The maximum Gasteiger partial charge on any atom is 0.313 e. The molecule has 0 spiro atoms. The number of amides is 2. The Morgan fingerprint density at radius 2 is 1.78 bits per heavy atom. The Morgan fingerprint density at radius 3 is 2.52 bits per heavy atom. The van der Waals surface area contributed by atoms with Crippen molar-refractivity contribution in [3.8, 4) is 0 Å². The summed E-state index contributed by atoms with van der Waals surface area (Å²) in [6.07, 6.45) is 5.37. The highest BCUT2D eigenvalue weighted by Gasteiger charge is 2.21. The van der Waals surface area contributed by atoms with Crippen LogP contribution in [0.2, 0.25) is 0 Å². The second-order valence-electron chi connectivity index (χ2n) is 7.21. The zero-order valence-corrected chi connectivity index (χ0v) is 16.0. The number of rotatable bonds is 4. The molecular weight excluding hydrogens is 338 g/mol. The Kier molecular flexibility index (Phi) is 5.79. The number of anilines is 2. The first-order valence-corrected chi connectivity index (χ1v) is 9.57. The lowest BCUT2D eigenvalue weighted by atomic mass is 9.89. The molecule has 2 aromatic rings. The van der Waals surface area contributed by atoms with E-state index < -0.39 is 11.8 Å². The monoisotopic (exact) mass is 365 g/mol. The number of carbonyl (C=O) groups is 2. The highest BCUT2D eigenvalue weighted by Crippen LogP contribution is 2.26. The van der Waals surface area contributed by atoms with Crippen LogP contribution in [0.5, 0.6) is 0 Å². The molecule has 27 heavy (non-hydrogen) atoms. The molecule has 3 rings (SSSR count). The average molecular weight is 365 g/mol. The predicted octanol–water partition coefficient (Wildman–Crippen LogP) is 3.66. The van der Waals surface area contributed by atoms with Gasteiger partial charge in [-0.1, -0.05) is 31.2 Å². The van der Waals surface area contributed by atoms with Crippen molar-refractivity contribution in [1.29, 1.82) is 0 Å². The molecule has 0 radical (unpaired) electrons. The molecule has 2 aromatic carbocycles. The number of nitrogens with two attached hydrogens (primary N) is 1. The van der Waals surface area contributed by atoms with Crippen LogP contribution in [0.3, 0.4) is 0 Å². The van der Waals surface area contributed by atoms with Crippen LogP contribution in [-0.4, -0.2) is 11.8 Å². The van der Waals surface area contributed by atoms with E-state index >= 15 is 0 Å². The lowest BCUT2D eigenvalue weighted by Crippen LogP contribution is -2.37. The molecule has 1 aliphatic carbocycles. The molecular formula is C22H27N3O2. The zero-order valence-electron chi connectivity index (χ0n) is 16.0. The van der Waals surface area contributed by atoms with Crippen LogP contribution in [0.4, 0.5) is 11.4 Å². The van der Waals surface area contributed by atoms with E-state index in [4.69, 9.17) is 5.73 Å². The number of aryl methyl sites for hydroxylation is 3. The van der Waals surface area contributed by atoms with Gasteiger partial charge in [0.25, 0.3) is 0 Å². The fourth-order valence-corrected chi connectivity index (χ4v) is 3.57. The van der Waals surface area contributed by atoms with Gasteiger partial charge in [0.15, 0.2) is 0 Å². The summed E-state index contributed by atoms with van der Waals surface area (Å²) in [6, 6.07) is 11.5. The lowest BCUT2D eigenvalue weighted by molar-refractivity contribution is -0.136. The molecule has 0 fully saturated rings. The van der Waals surface area contributed by atoms with Crippen LogP contribution in [-0.2, 0) is 22.4 Å². The van der Waals surface area contributed by atoms with E-state index in [0.717, 1.165) is 24.0 Å². The molecule has 5 nitrogen and oxygen atoms in total. The third-order valence-corrected chi connectivity index (χ3v) is 5.15. The van der Waals surface area contributed by atoms with E-state index in [1.807, 2.05) is 19.9 Å². The van der Waals surface area contributed by atoms with Crippen LogP contribution in [0.1, 0.15) is 54.5 Å². The number of benzene rings is 2. The molecule has 4 N–H and O–H groups in total. The summed E-state index contributed by atoms with van der Waals surface area (Å²) in [5, 5.41) is 5.46. The molecule has 1 atom stereocenters. The maximum absolute atomic E-state index is 12.4. The second-order valence-corrected chi connectivity index (χ2v) is 7.21. The van der Waals surface area contributed by atoms with E-state index in [0.29, 0.717) is 17.8 Å². The van der Waals surface area contributed by atoms with E-state index in [-0.39, 0.29) is 6.04 Å². The molecule has 1 unspecified atom stereocenters. The van der Waals surface area contributed by atoms with Crippen molar-refractivity contribution >= 4 is 23.2 Å². The molecule has 0 heterocycles. The van der Waals surface area contributed by atoms with Crippen molar-refractivity contribution in [3.63, 3.8) is 0 Å². The summed E-state index contributed by atoms with van der Waals surface area (Å²) in [7, 11) is 0. The average Bonchev–Trinajstić information content (AvgIpc) is 2.68. The van der Waals surface area contributed by atoms with E-state index in [1.165, 1.54) is 24.0 Å². The van der Waals surface area contributed by atoms with Gasteiger partial charge in [0, 0.05) is 0 Å². The Morgan fingerprint density at radius 1 is 1.04 bits per heavy atom. The second kappa shape index (κ2) is 8.25. The summed E-state index contributed by atoms with van der Waals surface area (Å²) in [6.45, 7) is 3.90. The minimum absolute atomic E-state index is 0.190. The molecule has 142 valence electrons. The number of fused-ring (bicyclic) bond motifs is 1. The van der Waals surface area contributed by atoms with Gasteiger partial charge >= 0.3 is 11.8 Å². The Bertz CT molecular complexity index is 861. The van der Waals surface area contributed by atoms with Gasteiger partial charge in [0.2, 0.25) is 0 Å². The first kappa shape index (κ1) is 19.0. The maximum atomic E-state index is 12.4. The molecule has 0 saturated heterocycles. The molecule has 0 aliphatic heterocycles. The molecule has 0 saturated carbocycles. The summed E-state index contributed by atoms with van der Waals surface area (Å²) in [5.74, 6) is -1.36. The fourth-order valence-electron chi connectivity index (χ4n) is 3.57. The first-order valence-electron chi connectivity index (χ1n) is 9.57. The van der Waals surface area contributed by atoms with Crippen LogP contribution in [0.25, 0.3) is 0 Å². The molecule has 5 heteroatoms. The molecule has 2 amide bonds. The zero-order chi connectivity index (χ0) is 19.4. The fraction of sp³-hybridized carbons (Fsp3) is 0.364. The number of nitrogen functional groups attached to an aromatic ring is 1. The lowest BCUT2D eigenvalue weighted by Gasteiger charge is -2.21. The Balaban J connectivity index is 1.69. The van der Waals surface area contributed by atoms with Gasteiger partial charge in [0.1, 0.15) is 0 Å². The van der Waals surface area contributed by atoms with Crippen LogP contribution >= 0.6 is 0 Å². The topological polar surface area (TPSA) is 84.2 Å². The van der Waals surface area contributed by atoms with Gasteiger partial charge in [-0.15, -0.1) is 0 Å². The summed E-state index contributed by atoms with van der Waals surface area (Å²) in [5.41, 5.74) is 11.5. The molecule has 0 bridgehead atoms. The van der Waals surface area contributed by atoms with Crippen molar-refractivity contribution in [3.05, 3.63) is 58.7 Å². The standard InChI is InChI=1S/C22H27N3O2/c1-3-19(17-10-9-15-6-4-5-7-16(15)13-17)24-21(26)22(27)25-20-12-14(2)8-11-18(20)23/h8-13,19H,3-7,23H2,1-2H3,(H,24,26)(H,25,27). The Labute approximate surface area is 160 Å². The van der Waals surface area contributed by atoms with Crippen LogP contribution in [0, 0.1) is 6.92 Å². The number of carbonyl (C=O) groups excluding carboxylic acids is 2. The molecule has 0 aromatic heterocycles. The van der Waals surface area contributed by atoms with Crippen molar-refractivity contribution in [1.82, 2.24) is 5.32 Å². The normalized spacial score (nSPS) is 14.1. The summed E-state index contributed by atoms with van der Waals surface area (Å²) >= 11 is 0. The van der Waals surface area contributed by atoms with Crippen molar-refractivity contribution < 1.29 is 9.59 Å². The molecule has 1 aliphatic rings. The first-order chi connectivity index (χ1) is 13.0. The van der Waals surface area contributed by atoms with E-state index in [2.05, 4.69) is 28.8 Å². The van der Waals surface area contributed by atoms with E-state index in [1.54, 1.807) is 12.1 Å². The number of hydrogen-bond acceptors (Lipinski definition) is 3. The SMILES string of the molecule is CCC(NC(=O)C(=O)Nc1cc(C)ccc1N)c1ccc2c(c1)CCCC2. The van der Waals surface area contributed by atoms with Crippen LogP contribution in [0.15, 0.2) is 36.4 Å². The number of nitrogens with one attached hydrogen (secondary N) is 2. The largest absolute Gasteiger partial charge is 0.397 e. The Hall–Kier alpha value is -2.82. The minimum Gasteiger partial charge on any atom is -0.397 e. The van der Waals surface area contributed by atoms with Crippen molar-refractivity contribution in [2.75, 3.05) is 11.1 Å². The smallest absolute Gasteiger partial charge is 0.313 e. The van der Waals surface area contributed by atoms with E-state index in [9.17, 15) is 9.59 Å². The predicted molar refractivity (Wildman–Crippen MR) is 108 cm³/mol.